The van der Waals surface area contributed by atoms with E-state index in [0.29, 0.717) is 15.6 Å². The van der Waals surface area contributed by atoms with Crippen molar-refractivity contribution in [3.63, 3.8) is 0 Å². The first-order valence-electron chi connectivity index (χ1n) is 8.50. The maximum absolute atomic E-state index is 13.2. The van der Waals surface area contributed by atoms with Crippen molar-refractivity contribution >= 4 is 45.4 Å². The Morgan fingerprint density at radius 1 is 0.893 bits per heavy atom. The Balaban J connectivity index is 1.75. The van der Waals surface area contributed by atoms with Crippen LogP contribution in [0, 0.1) is 26.6 Å². The molecule has 0 saturated heterocycles. The maximum Gasteiger partial charge on any atom is 0.266 e. The van der Waals surface area contributed by atoms with E-state index in [1.807, 2.05) is 32.0 Å². The number of carbonyl (C=O) groups excluding carboxylic acids is 2. The van der Waals surface area contributed by atoms with E-state index in [1.165, 1.54) is 23.5 Å². The van der Waals surface area contributed by atoms with Gasteiger partial charge in [-0.2, -0.15) is 0 Å². The van der Waals surface area contributed by atoms with Gasteiger partial charge in [0.25, 0.3) is 11.8 Å². The third-order valence-electron chi connectivity index (χ3n) is 4.30. The largest absolute Gasteiger partial charge is 0.321 e. The molecule has 4 nitrogen and oxygen atoms in total. The Bertz CT molecular complexity index is 1080. The first kappa shape index (κ1) is 20.0. The number of hydrogen-bond acceptors (Lipinski definition) is 3. The Labute approximate surface area is 171 Å². The highest BCUT2D eigenvalue weighted by Gasteiger charge is 2.17. The predicted molar refractivity (Wildman–Crippen MR) is 112 cm³/mol. The average Bonchev–Trinajstić information content (AvgIpc) is 2.98. The predicted octanol–water partition coefficient (Wildman–Crippen LogP) is 5.97. The SMILES string of the molecule is Cc1ccc(NC(=O)c2sc(NC(=O)c3ccc(F)cc3Cl)cc2C)cc1C. The summed E-state index contributed by atoms with van der Waals surface area (Å²) < 4.78 is 13.2. The van der Waals surface area contributed by atoms with E-state index in [2.05, 4.69) is 10.6 Å². The van der Waals surface area contributed by atoms with Crippen LogP contribution in [0.5, 0.6) is 0 Å². The van der Waals surface area contributed by atoms with E-state index >= 15 is 0 Å². The highest BCUT2D eigenvalue weighted by atomic mass is 35.5. The smallest absolute Gasteiger partial charge is 0.266 e. The first-order valence-corrected chi connectivity index (χ1v) is 9.69. The zero-order valence-corrected chi connectivity index (χ0v) is 17.1. The van der Waals surface area contributed by atoms with E-state index in [0.717, 1.165) is 22.8 Å². The quantitative estimate of drug-likeness (QED) is 0.550. The lowest BCUT2D eigenvalue weighted by Gasteiger charge is -2.07. The summed E-state index contributed by atoms with van der Waals surface area (Å²) in [6.07, 6.45) is 0. The number of anilines is 2. The number of rotatable bonds is 4. The van der Waals surface area contributed by atoms with Crippen LogP contribution in [0.15, 0.2) is 42.5 Å². The Hall–Kier alpha value is -2.70. The summed E-state index contributed by atoms with van der Waals surface area (Å²) in [5.41, 5.74) is 3.85. The molecular weight excluding hydrogens is 399 g/mol. The molecular formula is C21H18ClFN2O2S. The minimum atomic E-state index is -0.515. The van der Waals surface area contributed by atoms with Gasteiger partial charge in [0, 0.05) is 5.69 Å². The van der Waals surface area contributed by atoms with Crippen molar-refractivity contribution < 1.29 is 14.0 Å². The van der Waals surface area contributed by atoms with Gasteiger partial charge in [-0.15, -0.1) is 11.3 Å². The van der Waals surface area contributed by atoms with Crippen molar-refractivity contribution in [3.8, 4) is 0 Å². The van der Waals surface area contributed by atoms with Crippen LogP contribution in [0.3, 0.4) is 0 Å². The van der Waals surface area contributed by atoms with Crippen LogP contribution in [-0.2, 0) is 0 Å². The molecule has 0 spiro atoms. The maximum atomic E-state index is 13.2. The molecule has 1 aromatic heterocycles. The molecule has 3 rings (SSSR count). The monoisotopic (exact) mass is 416 g/mol. The van der Waals surface area contributed by atoms with Gasteiger partial charge in [-0.3, -0.25) is 9.59 Å². The number of hydrogen-bond donors (Lipinski definition) is 2. The summed E-state index contributed by atoms with van der Waals surface area (Å²) >= 11 is 7.10. The second-order valence-electron chi connectivity index (χ2n) is 6.45. The van der Waals surface area contributed by atoms with Gasteiger partial charge >= 0.3 is 0 Å². The van der Waals surface area contributed by atoms with Crippen LogP contribution >= 0.6 is 22.9 Å². The molecule has 0 aliphatic heterocycles. The zero-order valence-electron chi connectivity index (χ0n) is 15.5. The third kappa shape index (κ3) is 4.40. The summed E-state index contributed by atoms with van der Waals surface area (Å²) in [6, 6.07) is 11.0. The van der Waals surface area contributed by atoms with E-state index in [-0.39, 0.29) is 16.5 Å². The van der Waals surface area contributed by atoms with Gasteiger partial charge in [-0.25, -0.2) is 4.39 Å². The number of nitrogens with one attached hydrogen (secondary N) is 2. The van der Waals surface area contributed by atoms with E-state index < -0.39 is 11.7 Å². The lowest BCUT2D eigenvalue weighted by Crippen LogP contribution is -2.12. The van der Waals surface area contributed by atoms with Crippen LogP contribution < -0.4 is 10.6 Å². The summed E-state index contributed by atoms with van der Waals surface area (Å²) in [4.78, 5) is 25.5. The third-order valence-corrected chi connectivity index (χ3v) is 5.77. The summed E-state index contributed by atoms with van der Waals surface area (Å²) in [5, 5.41) is 6.12. The van der Waals surface area contributed by atoms with E-state index in [9.17, 15) is 14.0 Å². The molecule has 0 aliphatic carbocycles. The fourth-order valence-electron chi connectivity index (χ4n) is 2.63. The van der Waals surface area contributed by atoms with Crippen molar-refractivity contribution in [2.75, 3.05) is 10.6 Å². The molecule has 2 amide bonds. The van der Waals surface area contributed by atoms with Gasteiger partial charge in [0.15, 0.2) is 0 Å². The molecule has 0 fully saturated rings. The summed E-state index contributed by atoms with van der Waals surface area (Å²) in [6.45, 7) is 5.79. The molecule has 0 unspecified atom stereocenters. The van der Waals surface area contributed by atoms with Gasteiger partial charge in [0.05, 0.1) is 20.5 Å². The molecule has 1 heterocycles. The van der Waals surface area contributed by atoms with Gasteiger partial charge in [0.2, 0.25) is 0 Å². The summed E-state index contributed by atoms with van der Waals surface area (Å²) in [7, 11) is 0. The molecule has 144 valence electrons. The molecule has 2 aromatic carbocycles. The van der Waals surface area contributed by atoms with Crippen molar-refractivity contribution in [3.05, 3.63) is 80.4 Å². The van der Waals surface area contributed by atoms with E-state index in [1.54, 1.807) is 13.0 Å². The van der Waals surface area contributed by atoms with Crippen LogP contribution in [0.1, 0.15) is 36.7 Å². The molecule has 0 atom stereocenters. The molecule has 0 aliphatic rings. The number of halogens is 2. The lowest BCUT2D eigenvalue weighted by atomic mass is 10.1. The zero-order chi connectivity index (χ0) is 20.4. The van der Waals surface area contributed by atoms with Gasteiger partial charge < -0.3 is 10.6 Å². The minimum Gasteiger partial charge on any atom is -0.321 e. The molecule has 0 saturated carbocycles. The number of carbonyl (C=O) groups is 2. The van der Waals surface area contributed by atoms with Crippen LogP contribution in [0.2, 0.25) is 5.02 Å². The number of thiophene rings is 1. The second-order valence-corrected chi connectivity index (χ2v) is 7.91. The molecule has 3 aromatic rings. The van der Waals surface area contributed by atoms with Crippen LogP contribution in [-0.4, -0.2) is 11.8 Å². The highest BCUT2D eigenvalue weighted by Crippen LogP contribution is 2.29. The van der Waals surface area contributed by atoms with Crippen LogP contribution in [0.25, 0.3) is 0 Å². The van der Waals surface area contributed by atoms with Crippen molar-refractivity contribution in [1.82, 2.24) is 0 Å². The number of aryl methyl sites for hydroxylation is 3. The second kappa shape index (κ2) is 8.12. The molecule has 0 bridgehead atoms. The standard InChI is InChI=1S/C21H18ClFN2O2S/c1-11-4-6-15(8-12(11)2)24-21(27)19-13(3)9-18(28-19)25-20(26)16-7-5-14(23)10-17(16)22/h4-10H,1-3H3,(H,24,27)(H,25,26). The molecule has 0 radical (unpaired) electrons. The topological polar surface area (TPSA) is 58.2 Å². The normalized spacial score (nSPS) is 10.6. The van der Waals surface area contributed by atoms with Crippen molar-refractivity contribution in [1.29, 1.82) is 0 Å². The van der Waals surface area contributed by atoms with Gasteiger partial charge in [-0.1, -0.05) is 17.7 Å². The van der Waals surface area contributed by atoms with E-state index in [4.69, 9.17) is 11.6 Å². The Kier molecular flexibility index (Phi) is 5.82. The molecule has 28 heavy (non-hydrogen) atoms. The average molecular weight is 417 g/mol. The number of benzene rings is 2. The van der Waals surface area contributed by atoms with Crippen molar-refractivity contribution in [2.45, 2.75) is 20.8 Å². The fourth-order valence-corrected chi connectivity index (χ4v) is 3.85. The minimum absolute atomic E-state index is 0.0264. The Morgan fingerprint density at radius 2 is 1.64 bits per heavy atom. The lowest BCUT2D eigenvalue weighted by molar-refractivity contribution is 0.102. The van der Waals surface area contributed by atoms with Gasteiger partial charge in [-0.05, 0) is 73.9 Å². The molecule has 7 heteroatoms. The first-order chi connectivity index (χ1) is 13.2. The number of amides is 2. The Morgan fingerprint density at radius 3 is 2.32 bits per heavy atom. The van der Waals surface area contributed by atoms with Crippen molar-refractivity contribution in [2.24, 2.45) is 0 Å². The van der Waals surface area contributed by atoms with Gasteiger partial charge in [0.1, 0.15) is 5.82 Å². The molecule has 2 N–H and O–H groups in total. The summed E-state index contributed by atoms with van der Waals surface area (Å²) in [5.74, 6) is -1.22. The highest BCUT2D eigenvalue weighted by molar-refractivity contribution is 7.18. The van der Waals surface area contributed by atoms with Crippen LogP contribution in [0.4, 0.5) is 15.1 Å². The fraction of sp³-hybridized carbons (Fsp3) is 0.143.